The van der Waals surface area contributed by atoms with Crippen LogP contribution in [0.5, 0.6) is 0 Å². The molecule has 2 saturated heterocycles. The molecule has 1 aromatic carbocycles. The van der Waals surface area contributed by atoms with Crippen LogP contribution in [0.3, 0.4) is 0 Å². The molecule has 0 N–H and O–H groups in total. The van der Waals surface area contributed by atoms with Crippen LogP contribution in [0.2, 0.25) is 25.7 Å². The predicted molar refractivity (Wildman–Crippen MR) is 200 cm³/mol. The number of nitrogens with zero attached hydrogens (tertiary/aromatic N) is 6. The van der Waals surface area contributed by atoms with E-state index in [2.05, 4.69) is 36.2 Å². The third-order valence-corrected chi connectivity index (χ3v) is 14.0. The fraction of sp³-hybridized carbons (Fsp3) is 0.694. The highest BCUT2D eigenvalue weighted by molar-refractivity contribution is 7.89. The summed E-state index contributed by atoms with van der Waals surface area (Å²) in [6.45, 7) is 22.5. The smallest absolute Gasteiger partial charge is 0.410 e. The first kappa shape index (κ1) is 40.1. The molecule has 3 fully saturated rings. The first-order valence-corrected chi connectivity index (χ1v) is 23.3. The summed E-state index contributed by atoms with van der Waals surface area (Å²) < 4.78 is 72.7. The molecule has 2 amide bonds. The second kappa shape index (κ2) is 14.6. The number of anilines is 1. The van der Waals surface area contributed by atoms with Gasteiger partial charge in [-0.1, -0.05) is 26.2 Å². The zero-order valence-electron chi connectivity index (χ0n) is 32.1. The number of sulfonamides is 1. The van der Waals surface area contributed by atoms with E-state index in [0.717, 1.165) is 17.0 Å². The summed E-state index contributed by atoms with van der Waals surface area (Å²) in [5, 5.41) is 5.29. The Morgan fingerprint density at radius 3 is 2.31 bits per heavy atom. The number of benzene rings is 1. The van der Waals surface area contributed by atoms with Gasteiger partial charge in [0, 0.05) is 50.9 Å². The molecule has 0 spiro atoms. The van der Waals surface area contributed by atoms with E-state index >= 15 is 0 Å². The van der Waals surface area contributed by atoms with Crippen LogP contribution in [0.1, 0.15) is 66.8 Å². The molecule has 12 nitrogen and oxygen atoms in total. The molecule has 3 heterocycles. The Bertz CT molecular complexity index is 1760. The van der Waals surface area contributed by atoms with Crippen LogP contribution >= 0.6 is 0 Å². The van der Waals surface area contributed by atoms with Crippen molar-refractivity contribution in [3.05, 3.63) is 31.0 Å². The number of carbonyl (C=O) groups is 2. The van der Waals surface area contributed by atoms with Crippen LogP contribution < -0.4 is 4.90 Å². The third-order valence-electron chi connectivity index (χ3n) is 10.3. The van der Waals surface area contributed by atoms with Gasteiger partial charge in [-0.25, -0.2) is 22.0 Å². The fourth-order valence-electron chi connectivity index (χ4n) is 7.23. The molecule has 1 saturated carbocycles. The quantitative estimate of drug-likeness (QED) is 0.107. The van der Waals surface area contributed by atoms with Crippen LogP contribution in [0.15, 0.2) is 35.9 Å². The number of likely N-dealkylation sites (tertiary alicyclic amines) is 1. The minimum absolute atomic E-state index is 0.0271. The van der Waals surface area contributed by atoms with E-state index in [9.17, 15) is 26.8 Å². The summed E-state index contributed by atoms with van der Waals surface area (Å²) in [7, 11) is -5.56. The van der Waals surface area contributed by atoms with Gasteiger partial charge in [0.15, 0.2) is 0 Å². The van der Waals surface area contributed by atoms with E-state index < -0.39 is 59.7 Å². The van der Waals surface area contributed by atoms with Gasteiger partial charge in [-0.3, -0.25) is 14.4 Å². The standard InChI is InChI=1S/C36H56F2N6O6SSi/c1-11-32(45)41-22-26(16-31(41)33(37)38)44-30-18-27(51(47,48)42(36(7)12-13-36)23-49-14-15-52(8,9)10)17-29(28(30)19-39-44)40-20-24(2)43(25(3)21-40)34(46)50-35(4,5)6/h11,17-19,24-26,31,33H,1,12-16,20-23H2,2-10H3/t24-,25-,26+,31-/m0/s1. The molecule has 3 aliphatic rings. The van der Waals surface area contributed by atoms with Crippen molar-refractivity contribution in [2.24, 2.45) is 0 Å². The molecule has 0 radical (unpaired) electrons. The lowest BCUT2D eigenvalue weighted by Crippen LogP contribution is -2.59. The van der Waals surface area contributed by atoms with Crippen LogP contribution in [0.4, 0.5) is 19.3 Å². The van der Waals surface area contributed by atoms with Gasteiger partial charge in [-0.05, 0) is 85.1 Å². The van der Waals surface area contributed by atoms with E-state index in [1.807, 2.05) is 41.5 Å². The molecule has 1 aromatic heterocycles. The maximum Gasteiger partial charge on any atom is 0.410 e. The molecule has 16 heteroatoms. The average Bonchev–Trinajstić information content (AvgIpc) is 3.40. The Kier molecular flexibility index (Phi) is 11.3. The van der Waals surface area contributed by atoms with Gasteiger partial charge in [0.1, 0.15) is 12.3 Å². The van der Waals surface area contributed by atoms with Crippen LogP contribution in [-0.2, 0) is 24.3 Å². The van der Waals surface area contributed by atoms with Crippen molar-refractivity contribution < 1.29 is 36.3 Å². The number of hydrogen-bond donors (Lipinski definition) is 0. The predicted octanol–water partition coefficient (Wildman–Crippen LogP) is 6.32. The molecule has 0 unspecified atom stereocenters. The number of aromatic nitrogens is 2. The number of alkyl halides is 2. The Morgan fingerprint density at radius 1 is 1.13 bits per heavy atom. The van der Waals surface area contributed by atoms with Gasteiger partial charge in [0.25, 0.3) is 6.43 Å². The summed E-state index contributed by atoms with van der Waals surface area (Å²) >= 11 is 0. The maximum atomic E-state index is 14.7. The molecule has 2 aliphatic heterocycles. The number of piperazine rings is 1. The Hall–Kier alpha value is -3.08. The normalized spacial score (nSPS) is 23.9. The van der Waals surface area contributed by atoms with E-state index in [0.29, 0.717) is 49.1 Å². The highest BCUT2D eigenvalue weighted by Crippen LogP contribution is 2.45. The third kappa shape index (κ3) is 8.49. The average molecular weight is 767 g/mol. The molecule has 290 valence electrons. The molecule has 2 aromatic rings. The lowest BCUT2D eigenvalue weighted by Gasteiger charge is -2.45. The van der Waals surface area contributed by atoms with Crippen molar-refractivity contribution in [3.8, 4) is 0 Å². The summed E-state index contributed by atoms with van der Waals surface area (Å²) in [6, 6.07) is 1.59. The van der Waals surface area contributed by atoms with E-state index in [4.69, 9.17) is 9.47 Å². The number of fused-ring (bicyclic) bond motifs is 1. The zero-order chi connectivity index (χ0) is 38.6. The van der Waals surface area contributed by atoms with Crippen molar-refractivity contribution in [3.63, 3.8) is 0 Å². The Morgan fingerprint density at radius 2 is 1.77 bits per heavy atom. The van der Waals surface area contributed by atoms with Crippen molar-refractivity contribution >= 4 is 46.7 Å². The number of halogens is 2. The second-order valence-electron chi connectivity index (χ2n) is 17.1. The fourth-order valence-corrected chi connectivity index (χ4v) is 9.73. The first-order chi connectivity index (χ1) is 24.1. The summed E-state index contributed by atoms with van der Waals surface area (Å²) in [5.41, 5.74) is -0.211. The van der Waals surface area contributed by atoms with Gasteiger partial charge < -0.3 is 19.3 Å². The lowest BCUT2D eigenvalue weighted by atomic mass is 10.1. The molecular weight excluding hydrogens is 711 g/mol. The zero-order valence-corrected chi connectivity index (χ0v) is 33.9. The van der Waals surface area contributed by atoms with Crippen molar-refractivity contribution in [1.29, 1.82) is 0 Å². The van der Waals surface area contributed by atoms with Crippen molar-refractivity contribution in [2.45, 2.75) is 133 Å². The highest BCUT2D eigenvalue weighted by Gasteiger charge is 2.50. The van der Waals surface area contributed by atoms with Crippen molar-refractivity contribution in [2.75, 3.05) is 37.9 Å². The van der Waals surface area contributed by atoms with E-state index in [1.165, 1.54) is 4.31 Å². The summed E-state index contributed by atoms with van der Waals surface area (Å²) in [4.78, 5) is 30.8. The first-order valence-electron chi connectivity index (χ1n) is 18.2. The molecular formula is C36H56F2N6O6SSi. The van der Waals surface area contributed by atoms with E-state index in [1.54, 1.807) is 27.9 Å². The highest BCUT2D eigenvalue weighted by atomic mass is 32.2. The van der Waals surface area contributed by atoms with Crippen molar-refractivity contribution in [1.82, 2.24) is 23.9 Å². The monoisotopic (exact) mass is 766 g/mol. The Labute approximate surface area is 308 Å². The number of ether oxygens (including phenoxy) is 2. The lowest BCUT2D eigenvalue weighted by molar-refractivity contribution is -0.129. The number of hydrogen-bond acceptors (Lipinski definition) is 8. The number of rotatable bonds is 12. The summed E-state index contributed by atoms with van der Waals surface area (Å²) in [6.07, 6.45) is 0.798. The van der Waals surface area contributed by atoms with Gasteiger partial charge in [-0.15, -0.1) is 0 Å². The number of carbonyl (C=O) groups excluding carboxylic acids is 2. The van der Waals surface area contributed by atoms with Gasteiger partial charge in [0.05, 0.1) is 40.8 Å². The second-order valence-corrected chi connectivity index (χ2v) is 24.6. The van der Waals surface area contributed by atoms with Gasteiger partial charge in [-0.2, -0.15) is 9.40 Å². The van der Waals surface area contributed by atoms with Gasteiger partial charge in [0.2, 0.25) is 15.9 Å². The van der Waals surface area contributed by atoms with Crippen LogP contribution in [-0.4, -0.2) is 121 Å². The molecule has 0 bridgehead atoms. The van der Waals surface area contributed by atoms with Gasteiger partial charge >= 0.3 is 6.09 Å². The topological polar surface area (TPSA) is 118 Å². The van der Waals surface area contributed by atoms with Crippen LogP contribution in [0, 0.1) is 0 Å². The van der Waals surface area contributed by atoms with E-state index in [-0.39, 0.29) is 36.7 Å². The SMILES string of the molecule is C=CC(=O)N1C[C@H](n2ncc3c(N4C[C@H](C)N(C(=O)OC(C)(C)C)[C@@H](C)C4)cc(S(=O)(=O)N(COCC[Si](C)(C)C)C4(C)CC4)cc32)C[C@H]1C(F)F. The molecule has 5 rings (SSSR count). The molecule has 1 aliphatic carbocycles. The molecule has 52 heavy (non-hydrogen) atoms. The minimum Gasteiger partial charge on any atom is -0.444 e. The maximum absolute atomic E-state index is 14.7. The Balaban J connectivity index is 1.58. The minimum atomic E-state index is -4.14. The van der Waals surface area contributed by atoms with Crippen LogP contribution in [0.25, 0.3) is 10.9 Å². The largest absolute Gasteiger partial charge is 0.444 e. The number of amides is 2. The summed E-state index contributed by atoms with van der Waals surface area (Å²) in [5.74, 6) is -0.596. The molecule has 4 atom stereocenters.